The number of hydrogen-bond acceptors (Lipinski definition) is 5. The molecule has 0 saturated heterocycles. The highest BCUT2D eigenvalue weighted by molar-refractivity contribution is 5.94. The molecule has 1 aromatic carbocycles. The van der Waals surface area contributed by atoms with E-state index in [-0.39, 0.29) is 23.1 Å². The van der Waals surface area contributed by atoms with Gasteiger partial charge in [0.1, 0.15) is 5.82 Å². The van der Waals surface area contributed by atoms with E-state index >= 15 is 0 Å². The monoisotopic (exact) mass is 345 g/mol. The van der Waals surface area contributed by atoms with Crippen molar-refractivity contribution in [3.8, 4) is 17.2 Å². The number of rotatable bonds is 3. The van der Waals surface area contributed by atoms with Crippen molar-refractivity contribution in [3.05, 3.63) is 29.5 Å². The second-order valence-electron chi connectivity index (χ2n) is 7.11. The Kier molecular flexibility index (Phi) is 4.10. The Hall–Kier alpha value is -2.70. The van der Waals surface area contributed by atoms with Gasteiger partial charge < -0.3 is 19.9 Å². The van der Waals surface area contributed by atoms with Crippen LogP contribution < -0.4 is 14.8 Å². The molecular weight excluding hydrogens is 322 g/mol. The number of aromatic nitrogens is 2. The van der Waals surface area contributed by atoms with Crippen molar-refractivity contribution >= 4 is 11.7 Å². The molecule has 1 aromatic heterocycles. The zero-order valence-electron chi connectivity index (χ0n) is 15.1. The summed E-state index contributed by atoms with van der Waals surface area (Å²) in [7, 11) is 2.96. The molecule has 0 spiro atoms. The summed E-state index contributed by atoms with van der Waals surface area (Å²) in [6.45, 7) is 6.09. The fourth-order valence-corrected chi connectivity index (χ4v) is 3.14. The minimum Gasteiger partial charge on any atom is -0.502 e. The first-order chi connectivity index (χ1) is 11.8. The molecule has 25 heavy (non-hydrogen) atoms. The lowest BCUT2D eigenvalue weighted by molar-refractivity contribution is -0.116. The van der Waals surface area contributed by atoms with Gasteiger partial charge in [0, 0.05) is 17.9 Å². The van der Waals surface area contributed by atoms with E-state index in [1.165, 1.54) is 14.2 Å². The van der Waals surface area contributed by atoms with Crippen molar-refractivity contribution in [2.75, 3.05) is 19.5 Å². The van der Waals surface area contributed by atoms with E-state index < -0.39 is 0 Å². The summed E-state index contributed by atoms with van der Waals surface area (Å²) < 4.78 is 12.3. The zero-order chi connectivity index (χ0) is 18.4. The standard InChI is InChI=1S/C18H23N3O4/c1-18(2,3)21-17-12(9-19-21)11(8-15(22)20-17)10-6-13(24-4)16(23)14(7-10)25-5/h6-7,9,11,23H,8H2,1-5H3,(H,20,22)/t11-/m1/s1. The number of carbonyl (C=O) groups is 1. The number of aromatic hydroxyl groups is 1. The second kappa shape index (κ2) is 5.98. The zero-order valence-corrected chi connectivity index (χ0v) is 15.1. The quantitative estimate of drug-likeness (QED) is 0.893. The van der Waals surface area contributed by atoms with Gasteiger partial charge in [0.25, 0.3) is 0 Å². The molecule has 1 atom stereocenters. The third-order valence-electron chi connectivity index (χ3n) is 4.36. The van der Waals surface area contributed by atoms with Crippen LogP contribution in [0.4, 0.5) is 5.82 Å². The van der Waals surface area contributed by atoms with Crippen LogP contribution in [0.25, 0.3) is 0 Å². The first kappa shape index (κ1) is 17.1. The number of nitrogens with one attached hydrogen (secondary N) is 1. The summed E-state index contributed by atoms with van der Waals surface area (Å²) in [5, 5.41) is 17.5. The van der Waals surface area contributed by atoms with Gasteiger partial charge in [0.2, 0.25) is 11.7 Å². The highest BCUT2D eigenvalue weighted by atomic mass is 16.5. The Morgan fingerprint density at radius 3 is 2.36 bits per heavy atom. The van der Waals surface area contributed by atoms with E-state index in [9.17, 15) is 9.90 Å². The maximum Gasteiger partial charge on any atom is 0.226 e. The summed E-state index contributed by atoms with van der Waals surface area (Å²) in [4.78, 5) is 12.3. The minimum absolute atomic E-state index is 0.0559. The van der Waals surface area contributed by atoms with Gasteiger partial charge >= 0.3 is 0 Å². The fraction of sp³-hybridized carbons (Fsp3) is 0.444. The van der Waals surface area contributed by atoms with Gasteiger partial charge in [-0.2, -0.15) is 5.10 Å². The van der Waals surface area contributed by atoms with Gasteiger partial charge in [-0.3, -0.25) is 4.79 Å². The molecule has 0 radical (unpaired) electrons. The number of phenolic OH excluding ortho intramolecular Hbond substituents is 1. The van der Waals surface area contributed by atoms with Crippen molar-refractivity contribution in [1.29, 1.82) is 0 Å². The predicted octanol–water partition coefficient (Wildman–Crippen LogP) is 2.84. The molecule has 0 fully saturated rings. The molecule has 2 aromatic rings. The lowest BCUT2D eigenvalue weighted by Crippen LogP contribution is -2.30. The Bertz CT molecular complexity index is 795. The first-order valence-corrected chi connectivity index (χ1v) is 8.09. The van der Waals surface area contributed by atoms with E-state index in [2.05, 4.69) is 10.4 Å². The number of nitrogens with zero attached hydrogens (tertiary/aromatic N) is 2. The van der Waals surface area contributed by atoms with Crippen molar-refractivity contribution in [3.63, 3.8) is 0 Å². The number of phenols is 1. The number of ether oxygens (including phenoxy) is 2. The first-order valence-electron chi connectivity index (χ1n) is 8.09. The van der Waals surface area contributed by atoms with Crippen LogP contribution in [0.1, 0.15) is 44.2 Å². The molecule has 1 amide bonds. The number of benzene rings is 1. The SMILES string of the molecule is COc1cc([C@H]2CC(=O)Nc3c2cnn3C(C)(C)C)cc(OC)c1O. The fourth-order valence-electron chi connectivity index (χ4n) is 3.14. The van der Waals surface area contributed by atoms with E-state index in [4.69, 9.17) is 9.47 Å². The van der Waals surface area contributed by atoms with Crippen molar-refractivity contribution in [2.24, 2.45) is 0 Å². The molecule has 7 nitrogen and oxygen atoms in total. The largest absolute Gasteiger partial charge is 0.502 e. The number of amides is 1. The van der Waals surface area contributed by atoms with E-state index in [0.717, 1.165) is 11.1 Å². The molecule has 2 heterocycles. The molecule has 1 aliphatic heterocycles. The van der Waals surface area contributed by atoms with Gasteiger partial charge in [0.05, 0.1) is 26.0 Å². The van der Waals surface area contributed by atoms with Crippen LogP contribution in [0.15, 0.2) is 18.3 Å². The second-order valence-corrected chi connectivity index (χ2v) is 7.11. The van der Waals surface area contributed by atoms with Gasteiger partial charge in [-0.15, -0.1) is 0 Å². The summed E-state index contributed by atoms with van der Waals surface area (Å²) in [5.41, 5.74) is 1.51. The number of methoxy groups -OCH3 is 2. The van der Waals surface area contributed by atoms with Crippen LogP contribution in [-0.2, 0) is 10.3 Å². The van der Waals surface area contributed by atoms with E-state index in [1.54, 1.807) is 18.3 Å². The number of fused-ring (bicyclic) bond motifs is 1. The van der Waals surface area contributed by atoms with Gasteiger partial charge in [0.15, 0.2) is 11.5 Å². The van der Waals surface area contributed by atoms with Crippen LogP contribution in [-0.4, -0.2) is 35.0 Å². The summed E-state index contributed by atoms with van der Waals surface area (Å²) >= 11 is 0. The molecule has 0 saturated carbocycles. The van der Waals surface area contributed by atoms with E-state index in [0.29, 0.717) is 23.7 Å². The molecule has 0 unspecified atom stereocenters. The molecule has 3 rings (SSSR count). The molecule has 2 N–H and O–H groups in total. The third-order valence-corrected chi connectivity index (χ3v) is 4.36. The van der Waals surface area contributed by atoms with Crippen molar-refractivity contribution in [1.82, 2.24) is 9.78 Å². The lowest BCUT2D eigenvalue weighted by atomic mass is 9.87. The Morgan fingerprint density at radius 2 is 1.84 bits per heavy atom. The topological polar surface area (TPSA) is 85.6 Å². The maximum atomic E-state index is 12.3. The summed E-state index contributed by atoms with van der Waals surface area (Å²) in [6, 6.07) is 3.47. The smallest absolute Gasteiger partial charge is 0.226 e. The van der Waals surface area contributed by atoms with Crippen LogP contribution in [0.2, 0.25) is 0 Å². The molecular formula is C18H23N3O4. The highest BCUT2D eigenvalue weighted by Crippen LogP contribution is 2.44. The van der Waals surface area contributed by atoms with Crippen LogP contribution in [0, 0.1) is 0 Å². The molecule has 134 valence electrons. The summed E-state index contributed by atoms with van der Waals surface area (Å²) in [6.07, 6.45) is 2.08. The van der Waals surface area contributed by atoms with Gasteiger partial charge in [-0.25, -0.2) is 4.68 Å². The maximum absolute atomic E-state index is 12.3. The van der Waals surface area contributed by atoms with Crippen LogP contribution in [0.3, 0.4) is 0 Å². The normalized spacial score (nSPS) is 17.0. The Balaban J connectivity index is 2.14. The molecule has 1 aliphatic rings. The number of anilines is 1. The highest BCUT2D eigenvalue weighted by Gasteiger charge is 2.33. The minimum atomic E-state index is -0.257. The third kappa shape index (κ3) is 2.90. The number of hydrogen-bond donors (Lipinski definition) is 2. The van der Waals surface area contributed by atoms with Crippen molar-refractivity contribution < 1.29 is 19.4 Å². The Labute approximate surface area is 146 Å². The van der Waals surface area contributed by atoms with Crippen molar-refractivity contribution in [2.45, 2.75) is 38.6 Å². The average molecular weight is 345 g/mol. The molecule has 7 heteroatoms. The predicted molar refractivity (Wildman–Crippen MR) is 93.5 cm³/mol. The number of carbonyl (C=O) groups excluding carboxylic acids is 1. The Morgan fingerprint density at radius 1 is 1.24 bits per heavy atom. The molecule has 0 aliphatic carbocycles. The lowest BCUT2D eigenvalue weighted by Gasteiger charge is -2.28. The van der Waals surface area contributed by atoms with Gasteiger partial charge in [-0.1, -0.05) is 0 Å². The van der Waals surface area contributed by atoms with E-state index in [1.807, 2.05) is 25.5 Å². The van der Waals surface area contributed by atoms with Gasteiger partial charge in [-0.05, 0) is 38.5 Å². The van der Waals surface area contributed by atoms with Crippen LogP contribution >= 0.6 is 0 Å². The molecule has 0 bridgehead atoms. The summed E-state index contributed by atoms with van der Waals surface area (Å²) in [5.74, 6) is 1.01. The average Bonchev–Trinajstić information content (AvgIpc) is 2.98. The van der Waals surface area contributed by atoms with Crippen LogP contribution in [0.5, 0.6) is 17.2 Å².